The molecule has 1 aromatic carbocycles. The first-order chi connectivity index (χ1) is 8.69. The minimum atomic E-state index is -4.10. The standard InChI is InChI=1S/C11H14F2N2O3S/c1-2-11(16)5-15(6-11)19(17,18)10-4-9(14)7(12)3-8(10)13/h3-4,16H,2,5-6,14H2,1H3. The summed E-state index contributed by atoms with van der Waals surface area (Å²) >= 11 is 0. The van der Waals surface area contributed by atoms with Crippen molar-refractivity contribution in [3.63, 3.8) is 0 Å². The van der Waals surface area contributed by atoms with E-state index in [1.165, 1.54) is 0 Å². The van der Waals surface area contributed by atoms with Crippen molar-refractivity contribution in [1.82, 2.24) is 4.31 Å². The Hall–Kier alpha value is -1.25. The van der Waals surface area contributed by atoms with Gasteiger partial charge in [-0.1, -0.05) is 6.92 Å². The van der Waals surface area contributed by atoms with Crippen LogP contribution >= 0.6 is 0 Å². The van der Waals surface area contributed by atoms with Crippen LogP contribution in [0.1, 0.15) is 13.3 Å². The fraction of sp³-hybridized carbons (Fsp3) is 0.455. The van der Waals surface area contributed by atoms with Crippen molar-refractivity contribution in [2.45, 2.75) is 23.8 Å². The number of nitrogen functional groups attached to an aromatic ring is 1. The molecule has 1 aromatic rings. The molecule has 0 bridgehead atoms. The maximum absolute atomic E-state index is 13.6. The third kappa shape index (κ3) is 2.31. The molecule has 0 aliphatic carbocycles. The fourth-order valence-corrected chi connectivity index (χ4v) is 3.57. The maximum atomic E-state index is 13.6. The summed E-state index contributed by atoms with van der Waals surface area (Å²) in [4.78, 5) is -0.676. The van der Waals surface area contributed by atoms with Crippen LogP contribution in [-0.2, 0) is 10.0 Å². The highest BCUT2D eigenvalue weighted by Gasteiger charge is 2.46. The summed E-state index contributed by atoms with van der Waals surface area (Å²) in [6, 6.07) is 1.19. The number of nitrogens with two attached hydrogens (primary N) is 1. The van der Waals surface area contributed by atoms with Crippen LogP contribution in [0, 0.1) is 11.6 Å². The highest BCUT2D eigenvalue weighted by Crippen LogP contribution is 2.32. The smallest absolute Gasteiger partial charge is 0.246 e. The fourth-order valence-electron chi connectivity index (χ4n) is 1.89. The Morgan fingerprint density at radius 1 is 1.37 bits per heavy atom. The van der Waals surface area contributed by atoms with Crippen molar-refractivity contribution in [2.24, 2.45) is 0 Å². The molecule has 1 heterocycles. The molecule has 106 valence electrons. The molecule has 1 aliphatic heterocycles. The van der Waals surface area contributed by atoms with E-state index in [-0.39, 0.29) is 13.1 Å². The Bertz CT molecular complexity index is 613. The first kappa shape index (κ1) is 14.2. The summed E-state index contributed by atoms with van der Waals surface area (Å²) in [6.07, 6.45) is 0.396. The van der Waals surface area contributed by atoms with Gasteiger partial charge in [0.1, 0.15) is 16.5 Å². The summed E-state index contributed by atoms with van der Waals surface area (Å²) < 4.78 is 51.7. The van der Waals surface area contributed by atoms with Gasteiger partial charge in [-0.25, -0.2) is 17.2 Å². The zero-order valence-electron chi connectivity index (χ0n) is 10.2. The molecule has 0 spiro atoms. The van der Waals surface area contributed by atoms with Gasteiger partial charge in [-0.3, -0.25) is 0 Å². The molecule has 0 saturated carbocycles. The molecule has 0 unspecified atom stereocenters. The number of benzene rings is 1. The van der Waals surface area contributed by atoms with E-state index in [9.17, 15) is 22.3 Å². The molecule has 1 aliphatic rings. The van der Waals surface area contributed by atoms with Gasteiger partial charge in [0.05, 0.1) is 11.3 Å². The summed E-state index contributed by atoms with van der Waals surface area (Å²) in [5.74, 6) is -2.20. The van der Waals surface area contributed by atoms with Gasteiger partial charge in [-0.2, -0.15) is 4.31 Å². The van der Waals surface area contributed by atoms with Gasteiger partial charge in [-0.15, -0.1) is 0 Å². The number of anilines is 1. The van der Waals surface area contributed by atoms with E-state index in [0.717, 1.165) is 10.4 Å². The van der Waals surface area contributed by atoms with Crippen LogP contribution < -0.4 is 5.73 Å². The Morgan fingerprint density at radius 2 is 1.95 bits per heavy atom. The zero-order chi connectivity index (χ0) is 14.4. The number of nitrogens with zero attached hydrogens (tertiary/aromatic N) is 1. The van der Waals surface area contributed by atoms with Gasteiger partial charge in [-0.05, 0) is 12.5 Å². The summed E-state index contributed by atoms with van der Waals surface area (Å²) in [6.45, 7) is 1.51. The SMILES string of the molecule is CCC1(O)CN(S(=O)(=O)c2cc(N)c(F)cc2F)C1. The van der Waals surface area contributed by atoms with Crippen LogP contribution in [0.2, 0.25) is 0 Å². The lowest BCUT2D eigenvalue weighted by molar-refractivity contribution is -0.0614. The lowest BCUT2D eigenvalue weighted by Crippen LogP contribution is -2.62. The molecule has 1 saturated heterocycles. The van der Waals surface area contributed by atoms with E-state index in [1.807, 2.05) is 0 Å². The molecule has 5 nitrogen and oxygen atoms in total. The van der Waals surface area contributed by atoms with Gasteiger partial charge in [0.15, 0.2) is 0 Å². The number of aliphatic hydroxyl groups is 1. The number of sulfonamides is 1. The number of hydrogen-bond donors (Lipinski definition) is 2. The molecular weight excluding hydrogens is 278 g/mol. The monoisotopic (exact) mass is 292 g/mol. The molecule has 2 rings (SSSR count). The third-order valence-corrected chi connectivity index (χ3v) is 5.08. The molecule has 0 atom stereocenters. The highest BCUT2D eigenvalue weighted by atomic mass is 32.2. The Morgan fingerprint density at radius 3 is 2.47 bits per heavy atom. The zero-order valence-corrected chi connectivity index (χ0v) is 11.0. The lowest BCUT2D eigenvalue weighted by atomic mass is 9.94. The number of halogens is 2. The van der Waals surface area contributed by atoms with Crippen molar-refractivity contribution in [1.29, 1.82) is 0 Å². The average molecular weight is 292 g/mol. The van der Waals surface area contributed by atoms with E-state index in [4.69, 9.17) is 5.73 Å². The maximum Gasteiger partial charge on any atom is 0.246 e. The minimum absolute atomic E-state index is 0.109. The summed E-state index contributed by atoms with van der Waals surface area (Å²) in [5.41, 5.74) is 3.74. The molecule has 8 heteroatoms. The van der Waals surface area contributed by atoms with Crippen molar-refractivity contribution < 1.29 is 22.3 Å². The molecule has 19 heavy (non-hydrogen) atoms. The van der Waals surface area contributed by atoms with Crippen molar-refractivity contribution in [3.05, 3.63) is 23.8 Å². The topological polar surface area (TPSA) is 83.6 Å². The van der Waals surface area contributed by atoms with Crippen LogP contribution in [0.5, 0.6) is 0 Å². The minimum Gasteiger partial charge on any atom is -0.396 e. The molecule has 0 amide bonds. The van der Waals surface area contributed by atoms with Gasteiger partial charge >= 0.3 is 0 Å². The number of hydrogen-bond acceptors (Lipinski definition) is 4. The van der Waals surface area contributed by atoms with Crippen LogP contribution in [0.3, 0.4) is 0 Å². The van der Waals surface area contributed by atoms with Gasteiger partial charge in [0.25, 0.3) is 0 Å². The first-order valence-corrected chi connectivity index (χ1v) is 7.11. The van der Waals surface area contributed by atoms with E-state index >= 15 is 0 Å². The second-order valence-corrected chi connectivity index (χ2v) is 6.56. The normalized spacial score (nSPS) is 19.2. The Kier molecular flexibility index (Phi) is 3.28. The molecule has 0 aromatic heterocycles. The molecule has 3 N–H and O–H groups in total. The Balaban J connectivity index is 2.35. The van der Waals surface area contributed by atoms with E-state index in [2.05, 4.69) is 0 Å². The Labute approximate surface area is 109 Å². The second kappa shape index (κ2) is 4.39. The van der Waals surface area contributed by atoms with Gasteiger partial charge < -0.3 is 10.8 Å². The van der Waals surface area contributed by atoms with Crippen LogP contribution in [0.4, 0.5) is 14.5 Å². The van der Waals surface area contributed by atoms with Crippen molar-refractivity contribution in [2.75, 3.05) is 18.8 Å². The van der Waals surface area contributed by atoms with E-state index in [0.29, 0.717) is 12.5 Å². The third-order valence-electron chi connectivity index (χ3n) is 3.27. The highest BCUT2D eigenvalue weighted by molar-refractivity contribution is 7.89. The average Bonchev–Trinajstić information content (AvgIpc) is 2.29. The number of rotatable bonds is 3. The van der Waals surface area contributed by atoms with E-state index < -0.39 is 37.8 Å². The molecule has 0 radical (unpaired) electrons. The van der Waals surface area contributed by atoms with Crippen LogP contribution in [-0.4, -0.2) is 36.5 Å². The van der Waals surface area contributed by atoms with Crippen LogP contribution in [0.15, 0.2) is 17.0 Å². The predicted octanol–water partition coefficient (Wildman–Crippen LogP) is 0.692. The lowest BCUT2D eigenvalue weighted by Gasteiger charge is -2.44. The summed E-state index contributed by atoms with van der Waals surface area (Å²) in [7, 11) is -4.10. The number of β-amino-alcohol motifs (C(OH)–C–C–N with tert-alkyl or cyclic N) is 1. The largest absolute Gasteiger partial charge is 0.396 e. The van der Waals surface area contributed by atoms with Crippen LogP contribution in [0.25, 0.3) is 0 Å². The second-order valence-electron chi connectivity index (χ2n) is 4.66. The van der Waals surface area contributed by atoms with Crippen molar-refractivity contribution in [3.8, 4) is 0 Å². The van der Waals surface area contributed by atoms with Gasteiger partial charge in [0, 0.05) is 19.2 Å². The first-order valence-electron chi connectivity index (χ1n) is 5.67. The van der Waals surface area contributed by atoms with Gasteiger partial charge in [0.2, 0.25) is 10.0 Å². The van der Waals surface area contributed by atoms with Crippen molar-refractivity contribution >= 4 is 15.7 Å². The predicted molar refractivity (Wildman–Crippen MR) is 64.8 cm³/mol. The molecular formula is C11H14F2N2O3S. The quantitative estimate of drug-likeness (QED) is 0.803. The van der Waals surface area contributed by atoms with E-state index in [1.54, 1.807) is 6.92 Å². The summed E-state index contributed by atoms with van der Waals surface area (Å²) in [5, 5.41) is 9.78. The molecule has 1 fully saturated rings.